The zero-order valence-electron chi connectivity index (χ0n) is 15.8. The maximum atomic E-state index is 12.6. The van der Waals surface area contributed by atoms with Gasteiger partial charge in [0.05, 0.1) is 17.4 Å². The molecule has 0 bridgehead atoms. The minimum absolute atomic E-state index is 0.0961. The molecule has 0 aliphatic carbocycles. The molecule has 0 aliphatic heterocycles. The summed E-state index contributed by atoms with van der Waals surface area (Å²) in [4.78, 5) is 12.6. The minimum atomic E-state index is -0.101. The van der Waals surface area contributed by atoms with Gasteiger partial charge in [0.15, 0.2) is 0 Å². The van der Waals surface area contributed by atoms with Crippen LogP contribution < -0.4 is 5.32 Å². The molecular weight excluding hydrogens is 302 g/mol. The van der Waals surface area contributed by atoms with Gasteiger partial charge in [-0.25, -0.2) is 0 Å². The average molecular weight is 331 g/mol. The minimum Gasteiger partial charge on any atom is -0.344 e. The zero-order chi connectivity index (χ0) is 18.0. The highest BCUT2D eigenvalue weighted by molar-refractivity contribution is 5.93. The number of hydrogen-bond acceptors (Lipinski definition) is 3. The lowest BCUT2D eigenvalue weighted by Gasteiger charge is -2.15. The molecule has 6 heteroatoms. The third-order valence-corrected chi connectivity index (χ3v) is 4.30. The Kier molecular flexibility index (Phi) is 5.47. The first-order chi connectivity index (χ1) is 11.2. The smallest absolute Gasteiger partial charge is 0.270 e. The summed E-state index contributed by atoms with van der Waals surface area (Å²) in [5.74, 6) is 0.412. The first-order valence-electron chi connectivity index (χ1n) is 8.62. The Morgan fingerprint density at radius 2 is 1.92 bits per heavy atom. The summed E-state index contributed by atoms with van der Waals surface area (Å²) in [6, 6.07) is 1.79. The average Bonchev–Trinajstić information content (AvgIpc) is 2.97. The second kappa shape index (κ2) is 7.20. The van der Waals surface area contributed by atoms with E-state index in [2.05, 4.69) is 36.3 Å². The molecule has 0 saturated carbocycles. The summed E-state index contributed by atoms with van der Waals surface area (Å²) in [6.07, 6.45) is 0.873. The third-order valence-electron chi connectivity index (χ3n) is 4.30. The Hall–Kier alpha value is -2.11. The van der Waals surface area contributed by atoms with Crippen molar-refractivity contribution in [1.29, 1.82) is 0 Å². The lowest BCUT2D eigenvalue weighted by molar-refractivity contribution is 0.0930. The van der Waals surface area contributed by atoms with E-state index >= 15 is 0 Å². The standard InChI is InChI=1S/C18H29N5O/c1-8-23-14(6)17(13(5)20-23)12(4)19-18(24)16-10-15(9-11(2)3)21-22(16)7/h10-12H,8-9H2,1-7H3,(H,19,24). The van der Waals surface area contributed by atoms with Crippen LogP contribution in [0, 0.1) is 19.8 Å². The van der Waals surface area contributed by atoms with Crippen LogP contribution in [0.1, 0.15) is 66.9 Å². The van der Waals surface area contributed by atoms with Crippen molar-refractivity contribution in [3.05, 3.63) is 34.4 Å². The van der Waals surface area contributed by atoms with Gasteiger partial charge in [0, 0.05) is 24.8 Å². The molecule has 0 saturated heterocycles. The quantitative estimate of drug-likeness (QED) is 0.885. The molecule has 2 rings (SSSR count). The second-order valence-corrected chi connectivity index (χ2v) is 6.84. The van der Waals surface area contributed by atoms with Gasteiger partial charge in [0.2, 0.25) is 0 Å². The van der Waals surface area contributed by atoms with Gasteiger partial charge in [-0.15, -0.1) is 0 Å². The van der Waals surface area contributed by atoms with Gasteiger partial charge in [-0.05, 0) is 46.1 Å². The van der Waals surface area contributed by atoms with Crippen molar-refractivity contribution in [2.24, 2.45) is 13.0 Å². The summed E-state index contributed by atoms with van der Waals surface area (Å²) in [6.45, 7) is 13.2. The van der Waals surface area contributed by atoms with Crippen LogP contribution in [-0.2, 0) is 20.0 Å². The van der Waals surface area contributed by atoms with Crippen molar-refractivity contribution in [3.8, 4) is 0 Å². The molecule has 0 radical (unpaired) electrons. The number of carbonyl (C=O) groups excluding carboxylic acids is 1. The van der Waals surface area contributed by atoms with Crippen LogP contribution in [-0.4, -0.2) is 25.5 Å². The van der Waals surface area contributed by atoms with Crippen LogP contribution in [0.15, 0.2) is 6.07 Å². The van der Waals surface area contributed by atoms with Crippen LogP contribution in [0.5, 0.6) is 0 Å². The topological polar surface area (TPSA) is 64.7 Å². The number of amides is 1. The summed E-state index contributed by atoms with van der Waals surface area (Å²) < 4.78 is 3.63. The molecule has 2 heterocycles. The summed E-state index contributed by atoms with van der Waals surface area (Å²) >= 11 is 0. The van der Waals surface area contributed by atoms with E-state index in [9.17, 15) is 4.79 Å². The van der Waals surface area contributed by atoms with E-state index in [1.807, 2.05) is 38.6 Å². The number of hydrogen-bond donors (Lipinski definition) is 1. The van der Waals surface area contributed by atoms with E-state index in [1.54, 1.807) is 4.68 Å². The summed E-state index contributed by atoms with van der Waals surface area (Å²) in [7, 11) is 1.81. The molecule has 0 fully saturated rings. The molecule has 1 amide bonds. The van der Waals surface area contributed by atoms with E-state index in [4.69, 9.17) is 0 Å². The number of rotatable bonds is 6. The third kappa shape index (κ3) is 3.68. The molecule has 1 N–H and O–H groups in total. The molecule has 0 aliphatic rings. The number of nitrogens with zero attached hydrogens (tertiary/aromatic N) is 4. The van der Waals surface area contributed by atoms with E-state index in [0.717, 1.165) is 35.6 Å². The molecule has 6 nitrogen and oxygen atoms in total. The maximum Gasteiger partial charge on any atom is 0.270 e. The number of aromatic nitrogens is 4. The van der Waals surface area contributed by atoms with Crippen LogP contribution >= 0.6 is 0 Å². The van der Waals surface area contributed by atoms with Gasteiger partial charge >= 0.3 is 0 Å². The SMILES string of the molecule is CCn1nc(C)c(C(C)NC(=O)c2cc(CC(C)C)nn2C)c1C. The monoisotopic (exact) mass is 331 g/mol. The van der Waals surface area contributed by atoms with E-state index in [0.29, 0.717) is 11.6 Å². The van der Waals surface area contributed by atoms with Gasteiger partial charge in [-0.3, -0.25) is 14.2 Å². The molecule has 0 spiro atoms. The lowest BCUT2D eigenvalue weighted by Crippen LogP contribution is -2.29. The van der Waals surface area contributed by atoms with E-state index in [-0.39, 0.29) is 11.9 Å². The first-order valence-corrected chi connectivity index (χ1v) is 8.62. The van der Waals surface area contributed by atoms with Gasteiger partial charge in [-0.1, -0.05) is 13.8 Å². The largest absolute Gasteiger partial charge is 0.344 e. The molecule has 132 valence electrons. The van der Waals surface area contributed by atoms with Crippen molar-refractivity contribution in [1.82, 2.24) is 24.9 Å². The molecule has 0 aromatic carbocycles. The normalized spacial score (nSPS) is 12.7. The van der Waals surface area contributed by atoms with E-state index in [1.165, 1.54) is 0 Å². The Morgan fingerprint density at radius 3 is 2.46 bits per heavy atom. The van der Waals surface area contributed by atoms with E-state index < -0.39 is 0 Å². The highest BCUT2D eigenvalue weighted by Gasteiger charge is 2.21. The van der Waals surface area contributed by atoms with Gasteiger partial charge in [0.25, 0.3) is 5.91 Å². The van der Waals surface area contributed by atoms with Crippen molar-refractivity contribution in [2.45, 2.75) is 60.5 Å². The fraction of sp³-hybridized carbons (Fsp3) is 0.611. The fourth-order valence-electron chi connectivity index (χ4n) is 3.25. The molecule has 2 aromatic heterocycles. The van der Waals surface area contributed by atoms with Crippen molar-refractivity contribution < 1.29 is 4.79 Å². The second-order valence-electron chi connectivity index (χ2n) is 6.84. The summed E-state index contributed by atoms with van der Waals surface area (Å²) in [5, 5.41) is 12.1. The predicted octanol–water partition coefficient (Wildman–Crippen LogP) is 2.94. The van der Waals surface area contributed by atoms with Gasteiger partial charge in [0.1, 0.15) is 5.69 Å². The van der Waals surface area contributed by atoms with Crippen LogP contribution in [0.4, 0.5) is 0 Å². The number of aryl methyl sites for hydroxylation is 3. The van der Waals surface area contributed by atoms with Crippen LogP contribution in [0.25, 0.3) is 0 Å². The lowest BCUT2D eigenvalue weighted by atomic mass is 10.1. The van der Waals surface area contributed by atoms with Crippen molar-refractivity contribution in [2.75, 3.05) is 0 Å². The Labute approximate surface area is 144 Å². The van der Waals surface area contributed by atoms with Gasteiger partial charge < -0.3 is 5.32 Å². The Morgan fingerprint density at radius 1 is 1.25 bits per heavy atom. The number of nitrogens with one attached hydrogen (secondary N) is 1. The van der Waals surface area contributed by atoms with Crippen LogP contribution in [0.3, 0.4) is 0 Å². The highest BCUT2D eigenvalue weighted by atomic mass is 16.2. The number of carbonyl (C=O) groups is 1. The molecule has 24 heavy (non-hydrogen) atoms. The van der Waals surface area contributed by atoms with Crippen molar-refractivity contribution in [3.63, 3.8) is 0 Å². The molecule has 1 unspecified atom stereocenters. The molecular formula is C18H29N5O. The van der Waals surface area contributed by atoms with Gasteiger partial charge in [-0.2, -0.15) is 10.2 Å². The summed E-state index contributed by atoms with van der Waals surface area (Å²) in [5.41, 5.74) is 4.71. The first kappa shape index (κ1) is 18.2. The zero-order valence-corrected chi connectivity index (χ0v) is 15.8. The highest BCUT2D eigenvalue weighted by Crippen LogP contribution is 2.22. The fourth-order valence-corrected chi connectivity index (χ4v) is 3.25. The Bertz CT molecular complexity index is 726. The molecule has 2 aromatic rings. The molecule has 1 atom stereocenters. The predicted molar refractivity (Wildman–Crippen MR) is 95.0 cm³/mol. The Balaban J connectivity index is 2.18. The maximum absolute atomic E-state index is 12.6. The van der Waals surface area contributed by atoms with Crippen molar-refractivity contribution >= 4 is 5.91 Å². The van der Waals surface area contributed by atoms with Crippen LogP contribution in [0.2, 0.25) is 0 Å².